The summed E-state index contributed by atoms with van der Waals surface area (Å²) in [4.78, 5) is 26.7. The first kappa shape index (κ1) is 16.8. The van der Waals surface area contributed by atoms with Crippen LogP contribution in [0.25, 0.3) is 0 Å². The maximum Gasteiger partial charge on any atom is 0.315 e. The van der Waals surface area contributed by atoms with Gasteiger partial charge in [0.2, 0.25) is 5.91 Å². The number of hydrogen-bond donors (Lipinski definition) is 2. The summed E-state index contributed by atoms with van der Waals surface area (Å²) in [6.45, 7) is 4.65. The monoisotopic (exact) mass is 329 g/mol. The van der Waals surface area contributed by atoms with Crippen molar-refractivity contribution in [1.29, 1.82) is 0 Å². The Kier molecular flexibility index (Phi) is 5.07. The van der Waals surface area contributed by atoms with E-state index in [2.05, 4.69) is 29.7 Å². The van der Waals surface area contributed by atoms with E-state index in [1.54, 1.807) is 6.92 Å². The van der Waals surface area contributed by atoms with Gasteiger partial charge in [-0.05, 0) is 57.1 Å². The third-order valence-corrected chi connectivity index (χ3v) is 5.19. The molecule has 1 aliphatic carbocycles. The van der Waals surface area contributed by atoms with E-state index in [0.717, 1.165) is 32.2 Å². The fourth-order valence-corrected chi connectivity index (χ4v) is 3.82. The van der Waals surface area contributed by atoms with E-state index in [9.17, 15) is 9.59 Å². The molecule has 24 heavy (non-hydrogen) atoms. The van der Waals surface area contributed by atoms with Gasteiger partial charge < -0.3 is 15.5 Å². The number of piperidine rings is 1. The summed E-state index contributed by atoms with van der Waals surface area (Å²) in [7, 11) is 0. The van der Waals surface area contributed by atoms with E-state index >= 15 is 0 Å². The second-order valence-corrected chi connectivity index (χ2v) is 7.09. The van der Waals surface area contributed by atoms with E-state index in [-0.39, 0.29) is 24.0 Å². The van der Waals surface area contributed by atoms with Crippen LogP contribution in [0.5, 0.6) is 0 Å². The summed E-state index contributed by atoms with van der Waals surface area (Å²) >= 11 is 0. The SMILES string of the molecule is C[C@@H]1CCCCN1C(=O)[C@@H](C)NC(=O)NC1Cc2ccccc2C1. The lowest BCUT2D eigenvalue weighted by Crippen LogP contribution is -2.54. The van der Waals surface area contributed by atoms with Crippen LogP contribution >= 0.6 is 0 Å². The molecule has 3 rings (SSSR count). The minimum absolute atomic E-state index is 0.0204. The number of benzene rings is 1. The van der Waals surface area contributed by atoms with Crippen LogP contribution in [0.3, 0.4) is 0 Å². The second-order valence-electron chi connectivity index (χ2n) is 7.09. The summed E-state index contributed by atoms with van der Waals surface area (Å²) in [5, 5.41) is 5.81. The van der Waals surface area contributed by atoms with E-state index in [1.807, 2.05) is 17.0 Å². The fourth-order valence-electron chi connectivity index (χ4n) is 3.82. The van der Waals surface area contributed by atoms with E-state index in [1.165, 1.54) is 17.5 Å². The van der Waals surface area contributed by atoms with Crippen molar-refractivity contribution < 1.29 is 9.59 Å². The number of hydrogen-bond acceptors (Lipinski definition) is 2. The third-order valence-electron chi connectivity index (χ3n) is 5.19. The third kappa shape index (κ3) is 3.71. The normalized spacial score (nSPS) is 21.9. The number of rotatable bonds is 3. The first-order valence-corrected chi connectivity index (χ1v) is 8.99. The van der Waals surface area contributed by atoms with Crippen LogP contribution in [0, 0.1) is 0 Å². The lowest BCUT2D eigenvalue weighted by atomic mass is 10.0. The number of likely N-dealkylation sites (tertiary alicyclic amines) is 1. The fraction of sp³-hybridized carbons (Fsp3) is 0.579. The van der Waals surface area contributed by atoms with Crippen LogP contribution in [0.4, 0.5) is 4.79 Å². The Hall–Kier alpha value is -2.04. The lowest BCUT2D eigenvalue weighted by Gasteiger charge is -2.35. The standard InChI is InChI=1S/C19H27N3O2/c1-13-7-5-6-10-22(13)18(23)14(2)20-19(24)21-17-11-15-8-3-4-9-16(15)12-17/h3-4,8-9,13-14,17H,5-7,10-12H2,1-2H3,(H2,20,21,24)/t13-,14-/m1/s1. The smallest absolute Gasteiger partial charge is 0.315 e. The number of nitrogens with one attached hydrogen (secondary N) is 2. The maximum absolute atomic E-state index is 12.5. The van der Waals surface area contributed by atoms with Crippen molar-refractivity contribution in [1.82, 2.24) is 15.5 Å². The molecule has 2 aliphatic rings. The molecule has 0 unspecified atom stereocenters. The highest BCUT2D eigenvalue weighted by atomic mass is 16.2. The largest absolute Gasteiger partial charge is 0.338 e. The molecule has 2 atom stereocenters. The number of carbonyl (C=O) groups excluding carboxylic acids is 2. The van der Waals surface area contributed by atoms with Gasteiger partial charge in [-0.25, -0.2) is 4.79 Å². The predicted molar refractivity (Wildman–Crippen MR) is 93.8 cm³/mol. The molecule has 1 aromatic rings. The second kappa shape index (κ2) is 7.24. The van der Waals surface area contributed by atoms with Gasteiger partial charge in [-0.3, -0.25) is 4.79 Å². The Morgan fingerprint density at radius 2 is 1.83 bits per heavy atom. The first-order chi connectivity index (χ1) is 11.5. The summed E-state index contributed by atoms with van der Waals surface area (Å²) in [6, 6.07) is 7.91. The summed E-state index contributed by atoms with van der Waals surface area (Å²) in [5.41, 5.74) is 2.60. The summed E-state index contributed by atoms with van der Waals surface area (Å²) in [5.74, 6) is 0.0204. The number of amides is 3. The van der Waals surface area contributed by atoms with Gasteiger partial charge >= 0.3 is 6.03 Å². The molecular formula is C19H27N3O2. The first-order valence-electron chi connectivity index (χ1n) is 8.99. The molecule has 1 fully saturated rings. The van der Waals surface area contributed by atoms with Crippen molar-refractivity contribution in [3.8, 4) is 0 Å². The Morgan fingerprint density at radius 3 is 2.46 bits per heavy atom. The number of nitrogens with zero attached hydrogens (tertiary/aromatic N) is 1. The molecule has 1 saturated heterocycles. The number of urea groups is 1. The van der Waals surface area contributed by atoms with Gasteiger partial charge in [0.15, 0.2) is 0 Å². The molecule has 2 N–H and O–H groups in total. The molecule has 1 aliphatic heterocycles. The van der Waals surface area contributed by atoms with Crippen molar-refractivity contribution >= 4 is 11.9 Å². The molecule has 0 radical (unpaired) electrons. The van der Waals surface area contributed by atoms with Crippen molar-refractivity contribution in [2.75, 3.05) is 6.54 Å². The Morgan fingerprint density at radius 1 is 1.17 bits per heavy atom. The zero-order valence-corrected chi connectivity index (χ0v) is 14.5. The molecule has 5 nitrogen and oxygen atoms in total. The minimum atomic E-state index is -0.491. The highest BCUT2D eigenvalue weighted by Gasteiger charge is 2.29. The van der Waals surface area contributed by atoms with Gasteiger partial charge in [0.05, 0.1) is 0 Å². The van der Waals surface area contributed by atoms with Crippen molar-refractivity contribution in [2.24, 2.45) is 0 Å². The average Bonchev–Trinajstić information content (AvgIpc) is 2.96. The van der Waals surface area contributed by atoms with Crippen molar-refractivity contribution in [2.45, 2.75) is 64.1 Å². The topological polar surface area (TPSA) is 61.4 Å². The van der Waals surface area contributed by atoms with Gasteiger partial charge in [0, 0.05) is 18.6 Å². The van der Waals surface area contributed by atoms with Crippen LogP contribution in [0.2, 0.25) is 0 Å². The van der Waals surface area contributed by atoms with Gasteiger partial charge in [-0.15, -0.1) is 0 Å². The predicted octanol–water partition coefficient (Wildman–Crippen LogP) is 2.24. The molecule has 0 spiro atoms. The van der Waals surface area contributed by atoms with Crippen LogP contribution in [-0.4, -0.2) is 41.5 Å². The van der Waals surface area contributed by atoms with Crippen LogP contribution in [-0.2, 0) is 17.6 Å². The molecule has 1 heterocycles. The molecule has 3 amide bonds. The van der Waals surface area contributed by atoms with Crippen LogP contribution in [0.1, 0.15) is 44.2 Å². The lowest BCUT2D eigenvalue weighted by molar-refractivity contribution is -0.136. The zero-order valence-electron chi connectivity index (χ0n) is 14.5. The molecule has 0 aromatic heterocycles. The minimum Gasteiger partial charge on any atom is -0.338 e. The van der Waals surface area contributed by atoms with Gasteiger partial charge in [0.1, 0.15) is 6.04 Å². The van der Waals surface area contributed by atoms with Gasteiger partial charge in [0.25, 0.3) is 0 Å². The number of fused-ring (bicyclic) bond motifs is 1. The molecular weight excluding hydrogens is 302 g/mol. The van der Waals surface area contributed by atoms with Crippen molar-refractivity contribution in [3.63, 3.8) is 0 Å². The molecule has 130 valence electrons. The highest BCUT2D eigenvalue weighted by Crippen LogP contribution is 2.21. The Balaban J connectivity index is 1.49. The number of carbonyl (C=O) groups is 2. The van der Waals surface area contributed by atoms with Gasteiger partial charge in [-0.2, -0.15) is 0 Å². The zero-order chi connectivity index (χ0) is 17.1. The molecule has 5 heteroatoms. The average molecular weight is 329 g/mol. The quantitative estimate of drug-likeness (QED) is 0.893. The molecule has 1 aromatic carbocycles. The summed E-state index contributed by atoms with van der Waals surface area (Å²) < 4.78 is 0. The maximum atomic E-state index is 12.5. The summed E-state index contributed by atoms with van der Waals surface area (Å²) in [6.07, 6.45) is 4.99. The Labute approximate surface area is 143 Å². The Bertz CT molecular complexity index is 591. The van der Waals surface area contributed by atoms with E-state index < -0.39 is 6.04 Å². The highest BCUT2D eigenvalue weighted by molar-refractivity contribution is 5.87. The van der Waals surface area contributed by atoms with Crippen molar-refractivity contribution in [3.05, 3.63) is 35.4 Å². The van der Waals surface area contributed by atoms with Gasteiger partial charge in [-0.1, -0.05) is 24.3 Å². The van der Waals surface area contributed by atoms with E-state index in [0.29, 0.717) is 0 Å². The van der Waals surface area contributed by atoms with Crippen LogP contribution in [0.15, 0.2) is 24.3 Å². The molecule has 0 bridgehead atoms. The van der Waals surface area contributed by atoms with Crippen LogP contribution < -0.4 is 10.6 Å². The molecule has 0 saturated carbocycles. The van der Waals surface area contributed by atoms with E-state index in [4.69, 9.17) is 0 Å².